The number of rotatable bonds is 4. The van der Waals surface area contributed by atoms with Crippen LogP contribution in [0.4, 0.5) is 0 Å². The summed E-state index contributed by atoms with van der Waals surface area (Å²) >= 11 is 3.07. The van der Waals surface area contributed by atoms with Gasteiger partial charge in [0.15, 0.2) is 5.71 Å². The van der Waals surface area contributed by atoms with Gasteiger partial charge in [-0.3, -0.25) is 4.79 Å². The summed E-state index contributed by atoms with van der Waals surface area (Å²) in [6, 6.07) is 0. The molecule has 6 nitrogen and oxygen atoms in total. The second kappa shape index (κ2) is 4.92. The number of nitrogens with one attached hydrogen (secondary N) is 1. The molecule has 0 saturated heterocycles. The highest BCUT2D eigenvalue weighted by atomic mass is 79.9. The fraction of sp³-hybridized carbons (Fsp3) is 0.375. The lowest BCUT2D eigenvalue weighted by Crippen LogP contribution is -2.35. The molecule has 1 rings (SSSR count). The Hall–Kier alpha value is -1.37. The van der Waals surface area contributed by atoms with Crippen molar-refractivity contribution in [1.29, 1.82) is 0 Å². The van der Waals surface area contributed by atoms with E-state index in [9.17, 15) is 9.59 Å². The van der Waals surface area contributed by atoms with Crippen LogP contribution in [0.1, 0.15) is 6.42 Å². The van der Waals surface area contributed by atoms with Gasteiger partial charge >= 0.3 is 5.97 Å². The van der Waals surface area contributed by atoms with Crippen molar-refractivity contribution in [2.45, 2.75) is 12.5 Å². The number of oxime groups is 1. The van der Waals surface area contributed by atoms with Gasteiger partial charge in [0, 0.05) is 17.4 Å². The molecule has 0 aromatic heterocycles. The van der Waals surface area contributed by atoms with Gasteiger partial charge in [0.25, 0.3) is 5.91 Å². The van der Waals surface area contributed by atoms with Crippen LogP contribution in [-0.2, 0) is 14.4 Å². The molecule has 0 aliphatic carbocycles. The molecule has 7 heteroatoms. The zero-order valence-corrected chi connectivity index (χ0v) is 9.28. The van der Waals surface area contributed by atoms with Gasteiger partial charge in [-0.05, 0) is 0 Å². The first-order valence-corrected chi connectivity index (χ1v) is 4.87. The van der Waals surface area contributed by atoms with Crippen LogP contribution in [0.25, 0.3) is 0 Å². The molecule has 0 radical (unpaired) electrons. The molecule has 2 N–H and O–H groups in total. The molecular weight excluding hydrogens is 268 g/mol. The number of carbonyl (C=O) groups is 2. The molecule has 1 aliphatic rings. The highest BCUT2D eigenvalue weighted by molar-refractivity contribution is 9.11. The third-order valence-corrected chi connectivity index (χ3v) is 1.94. The van der Waals surface area contributed by atoms with Gasteiger partial charge in [0.05, 0.1) is 0 Å². The molecule has 15 heavy (non-hydrogen) atoms. The predicted molar refractivity (Wildman–Crippen MR) is 55.6 cm³/mol. The van der Waals surface area contributed by atoms with Crippen LogP contribution in [0.2, 0.25) is 0 Å². The zero-order valence-electron chi connectivity index (χ0n) is 7.70. The van der Waals surface area contributed by atoms with Gasteiger partial charge in [-0.15, -0.1) is 0 Å². The van der Waals surface area contributed by atoms with Crippen LogP contribution in [-0.4, -0.2) is 35.3 Å². The lowest BCUT2D eigenvalue weighted by molar-refractivity contribution is -0.131. The quantitative estimate of drug-likeness (QED) is 0.770. The number of halogens is 1. The third kappa shape index (κ3) is 3.35. The van der Waals surface area contributed by atoms with Gasteiger partial charge in [0.2, 0.25) is 6.10 Å². The van der Waals surface area contributed by atoms with Crippen LogP contribution < -0.4 is 5.32 Å². The summed E-state index contributed by atoms with van der Waals surface area (Å²) in [5.41, 5.74) is -0.146. The highest BCUT2D eigenvalue weighted by Gasteiger charge is 2.31. The summed E-state index contributed by atoms with van der Waals surface area (Å²) in [7, 11) is 0. The maximum Gasteiger partial charge on any atom is 0.353 e. The molecule has 1 heterocycles. The van der Waals surface area contributed by atoms with E-state index in [0.717, 1.165) is 0 Å². The van der Waals surface area contributed by atoms with E-state index in [4.69, 9.17) is 5.11 Å². The Balaban J connectivity index is 2.39. The number of carboxylic acid groups (broad SMARTS) is 1. The first-order chi connectivity index (χ1) is 7.00. The van der Waals surface area contributed by atoms with Crippen LogP contribution >= 0.6 is 15.9 Å². The fourth-order valence-corrected chi connectivity index (χ4v) is 1.08. The van der Waals surface area contributed by atoms with Gasteiger partial charge in [-0.2, -0.15) is 0 Å². The van der Waals surface area contributed by atoms with Crippen LogP contribution in [0.3, 0.4) is 0 Å². The summed E-state index contributed by atoms with van der Waals surface area (Å²) in [4.78, 5) is 26.5. The number of carboxylic acids is 1. The Kier molecular flexibility index (Phi) is 3.84. The monoisotopic (exact) mass is 276 g/mol. The molecule has 1 aliphatic heterocycles. The van der Waals surface area contributed by atoms with E-state index >= 15 is 0 Å². The topological polar surface area (TPSA) is 88.0 Å². The minimum atomic E-state index is -1.17. The molecule has 82 valence electrons. The van der Waals surface area contributed by atoms with Crippen molar-refractivity contribution >= 4 is 33.5 Å². The molecule has 1 unspecified atom stereocenters. The van der Waals surface area contributed by atoms with E-state index in [1.807, 2.05) is 0 Å². The summed E-state index contributed by atoms with van der Waals surface area (Å²) in [6.07, 6.45) is -0.876. The van der Waals surface area contributed by atoms with Crippen molar-refractivity contribution in [1.82, 2.24) is 5.32 Å². The van der Waals surface area contributed by atoms with Crippen molar-refractivity contribution in [2.24, 2.45) is 5.16 Å². The Morgan fingerprint density at radius 1 is 1.73 bits per heavy atom. The molecule has 0 aromatic carbocycles. The molecule has 0 fully saturated rings. The lowest BCUT2D eigenvalue weighted by atomic mass is 10.2. The maximum absolute atomic E-state index is 11.4. The van der Waals surface area contributed by atoms with Crippen LogP contribution in [0.15, 0.2) is 16.2 Å². The number of aliphatic carboxylic acids is 1. The van der Waals surface area contributed by atoms with E-state index in [1.165, 1.54) is 0 Å². The average molecular weight is 277 g/mol. The highest BCUT2D eigenvalue weighted by Crippen LogP contribution is 2.11. The summed E-state index contributed by atoms with van der Waals surface area (Å²) in [5, 5.41) is 14.4. The SMILES string of the molecule is C=C(Br)CNC(=O)C1CC(C(=O)O)=NO1. The average Bonchev–Trinajstić information content (AvgIpc) is 2.62. The van der Waals surface area contributed by atoms with Crippen molar-refractivity contribution in [2.75, 3.05) is 6.54 Å². The first kappa shape index (κ1) is 11.7. The first-order valence-electron chi connectivity index (χ1n) is 4.07. The van der Waals surface area contributed by atoms with Crippen LogP contribution in [0, 0.1) is 0 Å². The normalized spacial score (nSPS) is 19.0. The van der Waals surface area contributed by atoms with Gasteiger partial charge in [-0.25, -0.2) is 4.79 Å². The van der Waals surface area contributed by atoms with Crippen LogP contribution in [0.5, 0.6) is 0 Å². The second-order valence-electron chi connectivity index (χ2n) is 2.88. The number of hydrogen-bond acceptors (Lipinski definition) is 4. The Labute approximate surface area is 94.1 Å². The number of nitrogens with zero attached hydrogens (tertiary/aromatic N) is 1. The Bertz CT molecular complexity index is 340. The minimum Gasteiger partial charge on any atom is -0.477 e. The third-order valence-electron chi connectivity index (χ3n) is 1.66. The van der Waals surface area contributed by atoms with E-state index in [0.29, 0.717) is 4.48 Å². The van der Waals surface area contributed by atoms with Crippen molar-refractivity contribution < 1.29 is 19.5 Å². The van der Waals surface area contributed by atoms with Crippen molar-refractivity contribution in [3.05, 3.63) is 11.1 Å². The predicted octanol–water partition coefficient (Wildman–Crippen LogP) is 0.241. The van der Waals surface area contributed by atoms with Gasteiger partial charge in [-0.1, -0.05) is 27.7 Å². The largest absolute Gasteiger partial charge is 0.477 e. The van der Waals surface area contributed by atoms with E-state index in [-0.39, 0.29) is 18.7 Å². The molecule has 1 amide bonds. The number of hydrogen-bond donors (Lipinski definition) is 2. The lowest BCUT2D eigenvalue weighted by Gasteiger charge is -2.07. The molecule has 0 saturated carbocycles. The molecule has 0 aromatic rings. The Morgan fingerprint density at radius 2 is 2.40 bits per heavy atom. The van der Waals surface area contributed by atoms with E-state index in [1.54, 1.807) is 0 Å². The molecule has 0 spiro atoms. The smallest absolute Gasteiger partial charge is 0.353 e. The Morgan fingerprint density at radius 3 is 2.87 bits per heavy atom. The summed E-state index contributed by atoms with van der Waals surface area (Å²) in [6.45, 7) is 3.80. The molecule has 0 bridgehead atoms. The maximum atomic E-state index is 11.4. The zero-order chi connectivity index (χ0) is 11.4. The number of amides is 1. The van der Waals surface area contributed by atoms with E-state index < -0.39 is 18.0 Å². The van der Waals surface area contributed by atoms with Gasteiger partial charge in [0.1, 0.15) is 0 Å². The summed E-state index contributed by atoms with van der Waals surface area (Å²) < 4.78 is 0.619. The van der Waals surface area contributed by atoms with Crippen molar-refractivity contribution in [3.8, 4) is 0 Å². The molecular formula is C8H9BrN2O4. The standard InChI is InChI=1S/C8H9BrN2O4/c1-4(9)3-10-7(12)6-2-5(8(13)14)11-15-6/h6H,1-3H2,(H,10,12)(H,13,14). The van der Waals surface area contributed by atoms with Crippen molar-refractivity contribution in [3.63, 3.8) is 0 Å². The fourth-order valence-electron chi connectivity index (χ4n) is 0.941. The minimum absolute atomic E-state index is 0.0179. The van der Waals surface area contributed by atoms with Gasteiger partial charge < -0.3 is 15.3 Å². The second-order valence-corrected chi connectivity index (χ2v) is 4.00. The molecule has 1 atom stereocenters. The van der Waals surface area contributed by atoms with E-state index in [2.05, 4.69) is 37.8 Å². The number of carbonyl (C=O) groups excluding carboxylic acids is 1. The summed E-state index contributed by atoms with van der Waals surface area (Å²) in [5.74, 6) is -1.58.